The molecule has 0 aromatic carbocycles. The number of aromatic nitrogens is 2. The first-order valence-electron chi connectivity index (χ1n) is 4.57. The molecule has 2 heterocycles. The van der Waals surface area contributed by atoms with E-state index in [0.29, 0.717) is 12.3 Å². The average molecular weight is 222 g/mol. The van der Waals surface area contributed by atoms with Crippen molar-refractivity contribution >= 4 is 17.3 Å². The highest BCUT2D eigenvalue weighted by Gasteiger charge is 2.11. The third-order valence-electron chi connectivity index (χ3n) is 1.80. The minimum absolute atomic E-state index is 0.366. The Morgan fingerprint density at radius 1 is 1.53 bits per heavy atom. The molecule has 15 heavy (non-hydrogen) atoms. The summed E-state index contributed by atoms with van der Waals surface area (Å²) < 4.78 is 6.71. The Morgan fingerprint density at radius 3 is 2.93 bits per heavy atom. The van der Waals surface area contributed by atoms with Crippen molar-refractivity contribution in [3.63, 3.8) is 0 Å². The van der Waals surface area contributed by atoms with Gasteiger partial charge in [-0.1, -0.05) is 0 Å². The van der Waals surface area contributed by atoms with Crippen molar-refractivity contribution in [1.82, 2.24) is 9.55 Å². The Bertz CT molecular complexity index is 448. The van der Waals surface area contributed by atoms with Crippen LogP contribution in [0.25, 0.3) is 5.13 Å². The molecule has 0 saturated heterocycles. The lowest BCUT2D eigenvalue weighted by Gasteiger charge is -1.96. The zero-order valence-electron chi connectivity index (χ0n) is 8.21. The van der Waals surface area contributed by atoms with Crippen molar-refractivity contribution in [3.8, 4) is 5.13 Å². The Balaban J connectivity index is 2.21. The van der Waals surface area contributed by atoms with E-state index in [9.17, 15) is 4.79 Å². The molecule has 0 bridgehead atoms. The number of carbonyl (C=O) groups is 1. The first-order valence-corrected chi connectivity index (χ1v) is 5.45. The summed E-state index contributed by atoms with van der Waals surface area (Å²) in [5.41, 5.74) is 0.366. The number of esters is 1. The number of thiazole rings is 1. The molecule has 0 spiro atoms. The van der Waals surface area contributed by atoms with E-state index in [4.69, 9.17) is 4.74 Å². The van der Waals surface area contributed by atoms with Crippen LogP contribution in [0.5, 0.6) is 0 Å². The Hall–Kier alpha value is -1.62. The minimum atomic E-state index is -0.368. The molecule has 0 fully saturated rings. The van der Waals surface area contributed by atoms with Crippen LogP contribution >= 0.6 is 11.3 Å². The molecule has 2 rings (SSSR count). The molecule has 0 N–H and O–H groups in total. The summed E-state index contributed by atoms with van der Waals surface area (Å²) >= 11 is 1.41. The van der Waals surface area contributed by atoms with Gasteiger partial charge in [-0.15, -0.1) is 11.3 Å². The van der Waals surface area contributed by atoms with Gasteiger partial charge in [0.25, 0.3) is 0 Å². The van der Waals surface area contributed by atoms with Crippen LogP contribution < -0.4 is 0 Å². The Kier molecular flexibility index (Phi) is 2.82. The standard InChI is InChI=1S/C10H10N2O2S/c1-2-14-9(13)8-7-15-10(11-8)12-5-3-4-6-12/h3-7H,2H2,1H3. The number of hydrogen-bond donors (Lipinski definition) is 0. The molecule has 0 amide bonds. The van der Waals surface area contributed by atoms with Gasteiger partial charge in [0.15, 0.2) is 10.8 Å². The lowest BCUT2D eigenvalue weighted by atomic mass is 10.5. The van der Waals surface area contributed by atoms with Crippen LogP contribution in [0.3, 0.4) is 0 Å². The Morgan fingerprint density at radius 2 is 2.27 bits per heavy atom. The van der Waals surface area contributed by atoms with Gasteiger partial charge in [-0.3, -0.25) is 0 Å². The molecule has 0 aliphatic heterocycles. The van der Waals surface area contributed by atoms with Gasteiger partial charge in [-0.2, -0.15) is 0 Å². The van der Waals surface area contributed by atoms with Gasteiger partial charge in [0.1, 0.15) is 0 Å². The molecule has 0 aliphatic rings. The number of ether oxygens (including phenoxy) is 1. The summed E-state index contributed by atoms with van der Waals surface area (Å²) in [6, 6.07) is 3.82. The lowest BCUT2D eigenvalue weighted by Crippen LogP contribution is -2.05. The van der Waals surface area contributed by atoms with Crippen molar-refractivity contribution in [1.29, 1.82) is 0 Å². The van der Waals surface area contributed by atoms with Crippen molar-refractivity contribution < 1.29 is 9.53 Å². The highest BCUT2D eigenvalue weighted by atomic mass is 32.1. The van der Waals surface area contributed by atoms with Gasteiger partial charge in [-0.25, -0.2) is 9.78 Å². The third kappa shape index (κ3) is 2.07. The van der Waals surface area contributed by atoms with E-state index in [1.54, 1.807) is 12.3 Å². The van der Waals surface area contributed by atoms with Gasteiger partial charge < -0.3 is 9.30 Å². The Labute approximate surface area is 91.1 Å². The fraction of sp³-hybridized carbons (Fsp3) is 0.200. The van der Waals surface area contributed by atoms with Gasteiger partial charge in [0.2, 0.25) is 0 Å². The first-order chi connectivity index (χ1) is 7.31. The molecule has 0 aliphatic carbocycles. The number of hydrogen-bond acceptors (Lipinski definition) is 4. The first kappa shape index (κ1) is 9.92. The maximum Gasteiger partial charge on any atom is 0.357 e. The molecule has 2 aromatic heterocycles. The van der Waals surface area contributed by atoms with E-state index in [1.807, 2.05) is 29.1 Å². The molecule has 5 heteroatoms. The maximum atomic E-state index is 11.3. The molecule has 0 saturated carbocycles. The van der Waals surface area contributed by atoms with E-state index in [-0.39, 0.29) is 5.97 Å². The van der Waals surface area contributed by atoms with E-state index >= 15 is 0 Å². The third-order valence-corrected chi connectivity index (χ3v) is 2.66. The summed E-state index contributed by atoms with van der Waals surface area (Å²) in [5.74, 6) is -0.368. The van der Waals surface area contributed by atoms with Crippen LogP contribution in [-0.2, 0) is 4.74 Å². The van der Waals surface area contributed by atoms with Crippen LogP contribution in [0.4, 0.5) is 0 Å². The van der Waals surface area contributed by atoms with Gasteiger partial charge in [0, 0.05) is 17.8 Å². The van der Waals surface area contributed by atoms with Gasteiger partial charge in [0.05, 0.1) is 6.61 Å². The largest absolute Gasteiger partial charge is 0.461 e. The molecule has 2 aromatic rings. The van der Waals surface area contributed by atoms with Crippen LogP contribution in [-0.4, -0.2) is 22.1 Å². The maximum absolute atomic E-state index is 11.3. The second-order valence-electron chi connectivity index (χ2n) is 2.83. The van der Waals surface area contributed by atoms with Crippen LogP contribution in [0, 0.1) is 0 Å². The highest BCUT2D eigenvalue weighted by Crippen LogP contribution is 2.15. The van der Waals surface area contributed by atoms with Crippen molar-refractivity contribution in [2.75, 3.05) is 6.61 Å². The van der Waals surface area contributed by atoms with Crippen molar-refractivity contribution in [2.24, 2.45) is 0 Å². The predicted molar refractivity (Wildman–Crippen MR) is 57.4 cm³/mol. The average Bonchev–Trinajstić information content (AvgIpc) is 2.89. The molecule has 78 valence electrons. The summed E-state index contributed by atoms with van der Waals surface area (Å²) in [7, 11) is 0. The van der Waals surface area contributed by atoms with E-state index < -0.39 is 0 Å². The van der Waals surface area contributed by atoms with Crippen molar-refractivity contribution in [3.05, 3.63) is 35.6 Å². The quantitative estimate of drug-likeness (QED) is 0.747. The summed E-state index contributed by atoms with van der Waals surface area (Å²) in [6.45, 7) is 2.15. The minimum Gasteiger partial charge on any atom is -0.461 e. The fourth-order valence-electron chi connectivity index (χ4n) is 1.14. The van der Waals surface area contributed by atoms with Crippen LogP contribution in [0.15, 0.2) is 29.9 Å². The zero-order valence-corrected chi connectivity index (χ0v) is 9.03. The van der Waals surface area contributed by atoms with Crippen LogP contribution in [0.1, 0.15) is 17.4 Å². The molecular weight excluding hydrogens is 212 g/mol. The summed E-state index contributed by atoms with van der Waals surface area (Å²) in [4.78, 5) is 15.5. The second-order valence-corrected chi connectivity index (χ2v) is 3.66. The van der Waals surface area contributed by atoms with Crippen LogP contribution in [0.2, 0.25) is 0 Å². The van der Waals surface area contributed by atoms with Gasteiger partial charge in [-0.05, 0) is 19.1 Å². The monoisotopic (exact) mass is 222 g/mol. The SMILES string of the molecule is CCOC(=O)c1csc(-n2cccc2)n1. The predicted octanol–water partition coefficient (Wildman–Crippen LogP) is 2.11. The van der Waals surface area contributed by atoms with Crippen molar-refractivity contribution in [2.45, 2.75) is 6.92 Å². The van der Waals surface area contributed by atoms with E-state index in [1.165, 1.54) is 11.3 Å². The number of carbonyl (C=O) groups excluding carboxylic acids is 1. The molecule has 0 unspecified atom stereocenters. The van der Waals surface area contributed by atoms with E-state index in [0.717, 1.165) is 5.13 Å². The molecular formula is C10H10N2O2S. The zero-order chi connectivity index (χ0) is 10.7. The second kappa shape index (κ2) is 4.27. The molecule has 0 atom stereocenters. The summed E-state index contributed by atoms with van der Waals surface area (Å²) in [6.07, 6.45) is 3.77. The topological polar surface area (TPSA) is 44.1 Å². The van der Waals surface area contributed by atoms with Gasteiger partial charge >= 0.3 is 5.97 Å². The normalized spacial score (nSPS) is 10.2. The molecule has 0 radical (unpaired) electrons. The smallest absolute Gasteiger partial charge is 0.357 e. The van der Waals surface area contributed by atoms with E-state index in [2.05, 4.69) is 4.98 Å². The molecule has 4 nitrogen and oxygen atoms in total. The highest BCUT2D eigenvalue weighted by molar-refractivity contribution is 7.12. The number of rotatable bonds is 3. The fourth-order valence-corrected chi connectivity index (χ4v) is 1.90. The lowest BCUT2D eigenvalue weighted by molar-refractivity contribution is 0.0520. The summed E-state index contributed by atoms with van der Waals surface area (Å²) in [5, 5.41) is 2.47. The number of nitrogens with zero attached hydrogens (tertiary/aromatic N) is 2.